The van der Waals surface area contributed by atoms with Gasteiger partial charge < -0.3 is 19.5 Å². The first kappa shape index (κ1) is 20.9. The zero-order valence-electron chi connectivity index (χ0n) is 16.6. The monoisotopic (exact) mass is 401 g/mol. The lowest BCUT2D eigenvalue weighted by atomic mass is 10.2. The van der Waals surface area contributed by atoms with Gasteiger partial charge in [0.25, 0.3) is 5.69 Å². The number of hydrogen-bond acceptors (Lipinski definition) is 7. The Kier molecular flexibility index (Phi) is 7.26. The summed E-state index contributed by atoms with van der Waals surface area (Å²) in [6, 6.07) is 14.0. The van der Waals surface area contributed by atoms with E-state index in [1.807, 2.05) is 19.1 Å². The molecule has 0 aromatic heterocycles. The Balaban J connectivity index is 1.40. The number of nitrogens with zero attached hydrogens (tertiary/aromatic N) is 3. The highest BCUT2D eigenvalue weighted by molar-refractivity contribution is 5.49. The van der Waals surface area contributed by atoms with Gasteiger partial charge in [-0.1, -0.05) is 0 Å². The number of aliphatic hydroxyl groups excluding tert-OH is 1. The van der Waals surface area contributed by atoms with Crippen molar-refractivity contribution in [2.75, 3.05) is 50.8 Å². The average Bonchev–Trinajstić information content (AvgIpc) is 2.74. The molecule has 156 valence electrons. The number of anilines is 1. The molecule has 1 heterocycles. The van der Waals surface area contributed by atoms with E-state index in [2.05, 4.69) is 21.9 Å². The first-order chi connectivity index (χ1) is 14.0. The fourth-order valence-corrected chi connectivity index (χ4v) is 3.32. The summed E-state index contributed by atoms with van der Waals surface area (Å²) in [4.78, 5) is 14.8. The van der Waals surface area contributed by atoms with E-state index in [1.165, 1.54) is 17.8 Å². The van der Waals surface area contributed by atoms with Crippen LogP contribution in [0.25, 0.3) is 0 Å². The summed E-state index contributed by atoms with van der Waals surface area (Å²) in [5.74, 6) is 1.39. The number of ether oxygens (including phenoxy) is 2. The Morgan fingerprint density at radius 1 is 1.00 bits per heavy atom. The number of aliphatic hydroxyl groups is 1. The molecule has 2 aromatic carbocycles. The first-order valence-electron chi connectivity index (χ1n) is 9.80. The third kappa shape index (κ3) is 6.07. The third-order valence-electron chi connectivity index (χ3n) is 4.84. The normalized spacial score (nSPS) is 15.7. The second-order valence-corrected chi connectivity index (χ2v) is 6.93. The number of rotatable bonds is 9. The van der Waals surface area contributed by atoms with Gasteiger partial charge in [-0.2, -0.15) is 0 Å². The molecule has 0 spiro atoms. The van der Waals surface area contributed by atoms with Crippen molar-refractivity contribution < 1.29 is 19.5 Å². The van der Waals surface area contributed by atoms with Crippen molar-refractivity contribution >= 4 is 11.4 Å². The standard InChI is InChI=1S/C21H27N3O5/c1-2-28-20-7-3-17(4-8-20)23-13-11-22(12-14-23)15-19(25)16-29-21-9-5-18(6-10-21)24(26)27/h3-10,19,25H,2,11-16H2,1H3. The maximum absolute atomic E-state index is 10.7. The molecule has 8 heteroatoms. The molecule has 8 nitrogen and oxygen atoms in total. The van der Waals surface area contributed by atoms with Crippen LogP contribution >= 0.6 is 0 Å². The van der Waals surface area contributed by atoms with Crippen LogP contribution < -0.4 is 14.4 Å². The number of piperazine rings is 1. The van der Waals surface area contributed by atoms with Gasteiger partial charge >= 0.3 is 0 Å². The molecule has 29 heavy (non-hydrogen) atoms. The molecule has 1 unspecified atom stereocenters. The first-order valence-corrected chi connectivity index (χ1v) is 9.80. The lowest BCUT2D eigenvalue weighted by Crippen LogP contribution is -2.49. The van der Waals surface area contributed by atoms with Crippen molar-refractivity contribution in [3.63, 3.8) is 0 Å². The molecule has 1 saturated heterocycles. The summed E-state index contributed by atoms with van der Waals surface area (Å²) < 4.78 is 11.0. The molecule has 0 amide bonds. The summed E-state index contributed by atoms with van der Waals surface area (Å²) in [5.41, 5.74) is 1.19. The number of benzene rings is 2. The van der Waals surface area contributed by atoms with Crippen LogP contribution in [0.1, 0.15) is 6.92 Å². The Hall–Kier alpha value is -2.84. The van der Waals surface area contributed by atoms with E-state index in [0.717, 1.165) is 31.9 Å². The van der Waals surface area contributed by atoms with E-state index < -0.39 is 11.0 Å². The van der Waals surface area contributed by atoms with Crippen LogP contribution in [-0.2, 0) is 0 Å². The largest absolute Gasteiger partial charge is 0.494 e. The van der Waals surface area contributed by atoms with Gasteiger partial charge in [0.05, 0.1) is 11.5 Å². The molecule has 0 aliphatic carbocycles. The number of nitro groups is 1. The molecule has 3 rings (SSSR count). The lowest BCUT2D eigenvalue weighted by Gasteiger charge is -2.36. The molecule has 1 atom stereocenters. The maximum Gasteiger partial charge on any atom is 0.269 e. The number of hydrogen-bond donors (Lipinski definition) is 1. The Morgan fingerprint density at radius 3 is 2.17 bits per heavy atom. The topological polar surface area (TPSA) is 88.3 Å². The van der Waals surface area contributed by atoms with Crippen LogP contribution in [0.4, 0.5) is 11.4 Å². The summed E-state index contributed by atoms with van der Waals surface area (Å²) >= 11 is 0. The smallest absolute Gasteiger partial charge is 0.269 e. The molecule has 2 aromatic rings. The van der Waals surface area contributed by atoms with Crippen LogP contribution in [0, 0.1) is 10.1 Å². The van der Waals surface area contributed by atoms with Gasteiger partial charge in [-0.15, -0.1) is 0 Å². The number of nitro benzene ring substituents is 1. The lowest BCUT2D eigenvalue weighted by molar-refractivity contribution is -0.384. The molecule has 0 bridgehead atoms. The van der Waals surface area contributed by atoms with Crippen LogP contribution in [0.3, 0.4) is 0 Å². The van der Waals surface area contributed by atoms with Gasteiger partial charge in [0, 0.05) is 50.5 Å². The van der Waals surface area contributed by atoms with Gasteiger partial charge in [-0.25, -0.2) is 0 Å². The highest BCUT2D eigenvalue weighted by Crippen LogP contribution is 2.21. The molecule has 1 N–H and O–H groups in total. The number of β-amino-alcohol motifs (C(OH)–C–C–N with tert-alkyl or cyclic N) is 1. The minimum absolute atomic E-state index is 0.0169. The molecular formula is C21H27N3O5. The SMILES string of the molecule is CCOc1ccc(N2CCN(CC(O)COc3ccc([N+](=O)[O-])cc3)CC2)cc1. The van der Waals surface area contributed by atoms with E-state index in [4.69, 9.17) is 9.47 Å². The highest BCUT2D eigenvalue weighted by Gasteiger charge is 2.20. The quantitative estimate of drug-likeness (QED) is 0.510. The zero-order valence-corrected chi connectivity index (χ0v) is 16.6. The fourth-order valence-electron chi connectivity index (χ4n) is 3.32. The molecular weight excluding hydrogens is 374 g/mol. The predicted octanol–water partition coefficient (Wildman–Crippen LogP) is 2.56. The number of non-ortho nitro benzene ring substituents is 1. The second kappa shape index (κ2) is 10.1. The zero-order chi connectivity index (χ0) is 20.6. The summed E-state index contributed by atoms with van der Waals surface area (Å²) in [6.07, 6.45) is -0.623. The van der Waals surface area contributed by atoms with Crippen molar-refractivity contribution in [3.05, 3.63) is 58.6 Å². The van der Waals surface area contributed by atoms with Crippen LogP contribution in [-0.4, -0.2) is 67.0 Å². The van der Waals surface area contributed by atoms with Crippen LogP contribution in [0.15, 0.2) is 48.5 Å². The molecule has 0 saturated carbocycles. The van der Waals surface area contributed by atoms with Gasteiger partial charge in [-0.3, -0.25) is 15.0 Å². The fraction of sp³-hybridized carbons (Fsp3) is 0.429. The average molecular weight is 401 g/mol. The summed E-state index contributed by atoms with van der Waals surface area (Å²) in [7, 11) is 0. The van der Waals surface area contributed by atoms with Crippen molar-refractivity contribution in [2.45, 2.75) is 13.0 Å². The van der Waals surface area contributed by atoms with E-state index in [-0.39, 0.29) is 12.3 Å². The predicted molar refractivity (Wildman–Crippen MR) is 111 cm³/mol. The Morgan fingerprint density at radius 2 is 1.59 bits per heavy atom. The van der Waals surface area contributed by atoms with Gasteiger partial charge in [-0.05, 0) is 43.3 Å². The Labute approximate surface area is 170 Å². The van der Waals surface area contributed by atoms with Crippen LogP contribution in [0.5, 0.6) is 11.5 Å². The molecule has 1 fully saturated rings. The second-order valence-electron chi connectivity index (χ2n) is 6.93. The van der Waals surface area contributed by atoms with E-state index in [1.54, 1.807) is 12.1 Å². The maximum atomic E-state index is 10.7. The highest BCUT2D eigenvalue weighted by atomic mass is 16.6. The molecule has 1 aliphatic rings. The van der Waals surface area contributed by atoms with Crippen molar-refractivity contribution in [3.8, 4) is 11.5 Å². The summed E-state index contributed by atoms with van der Waals surface area (Å²) in [5, 5.41) is 20.9. The minimum atomic E-state index is -0.623. The van der Waals surface area contributed by atoms with E-state index >= 15 is 0 Å². The van der Waals surface area contributed by atoms with Crippen molar-refractivity contribution in [1.82, 2.24) is 4.90 Å². The van der Waals surface area contributed by atoms with Crippen molar-refractivity contribution in [1.29, 1.82) is 0 Å². The van der Waals surface area contributed by atoms with Gasteiger partial charge in [0.2, 0.25) is 0 Å². The minimum Gasteiger partial charge on any atom is -0.494 e. The van der Waals surface area contributed by atoms with Crippen molar-refractivity contribution in [2.24, 2.45) is 0 Å². The molecule has 0 radical (unpaired) electrons. The third-order valence-corrected chi connectivity index (χ3v) is 4.84. The Bertz CT molecular complexity index is 774. The van der Waals surface area contributed by atoms with E-state index in [9.17, 15) is 15.2 Å². The van der Waals surface area contributed by atoms with Gasteiger partial charge in [0.15, 0.2) is 0 Å². The molecule has 1 aliphatic heterocycles. The van der Waals surface area contributed by atoms with E-state index in [0.29, 0.717) is 18.9 Å². The summed E-state index contributed by atoms with van der Waals surface area (Å²) in [6.45, 7) is 6.82. The van der Waals surface area contributed by atoms with Crippen LogP contribution in [0.2, 0.25) is 0 Å². The van der Waals surface area contributed by atoms with Gasteiger partial charge in [0.1, 0.15) is 24.2 Å².